The fraction of sp³-hybridized carbons (Fsp3) is 0.500. The van der Waals surface area contributed by atoms with Crippen molar-refractivity contribution >= 4 is 16.9 Å². The lowest BCUT2D eigenvalue weighted by Crippen LogP contribution is -2.45. The van der Waals surface area contributed by atoms with Gasteiger partial charge in [0.25, 0.3) is 5.91 Å². The third kappa shape index (κ3) is 3.60. The summed E-state index contributed by atoms with van der Waals surface area (Å²) in [6.45, 7) is 2.07. The zero-order chi connectivity index (χ0) is 18.4. The van der Waals surface area contributed by atoms with E-state index < -0.39 is 24.7 Å². The first-order chi connectivity index (χ1) is 11.7. The molecule has 0 unspecified atom stereocenters. The summed E-state index contributed by atoms with van der Waals surface area (Å²) in [5.41, 5.74) is 0.974. The summed E-state index contributed by atoms with van der Waals surface area (Å²) in [4.78, 5) is 13.7. The van der Waals surface area contributed by atoms with E-state index in [1.54, 1.807) is 32.0 Å². The Morgan fingerprint density at radius 3 is 2.64 bits per heavy atom. The van der Waals surface area contributed by atoms with Crippen LogP contribution in [0.3, 0.4) is 0 Å². The Morgan fingerprint density at radius 1 is 1.40 bits per heavy atom. The fourth-order valence-corrected chi connectivity index (χ4v) is 3.09. The van der Waals surface area contributed by atoms with Crippen LogP contribution in [0.1, 0.15) is 35.9 Å². The van der Waals surface area contributed by atoms with Gasteiger partial charge in [0.2, 0.25) is 0 Å². The summed E-state index contributed by atoms with van der Waals surface area (Å²) in [6.07, 6.45) is -2.76. The maximum absolute atomic E-state index is 13.0. The van der Waals surface area contributed by atoms with Crippen molar-refractivity contribution in [2.45, 2.75) is 38.9 Å². The summed E-state index contributed by atoms with van der Waals surface area (Å²) >= 11 is 0. The number of hydrogen-bond donors (Lipinski definition) is 0. The van der Waals surface area contributed by atoms with Crippen molar-refractivity contribution in [1.82, 2.24) is 4.90 Å². The standard InChI is InChI=1S/C18H20F3NO3/c1-10-14-8-13(24-3)6-7-15(14)25-16(10)17(23)22(9-18(19,20)21)11(2)12-4-5-12/h6-8,11-12H,4-5,9H2,1-3H3/t11-/m1/s1. The Hall–Kier alpha value is -2.18. The van der Waals surface area contributed by atoms with E-state index in [9.17, 15) is 18.0 Å². The zero-order valence-electron chi connectivity index (χ0n) is 14.3. The molecule has 1 fully saturated rings. The minimum Gasteiger partial charge on any atom is -0.497 e. The van der Waals surface area contributed by atoms with Crippen molar-refractivity contribution in [3.63, 3.8) is 0 Å². The van der Waals surface area contributed by atoms with Gasteiger partial charge in [-0.05, 0) is 50.8 Å². The fourth-order valence-electron chi connectivity index (χ4n) is 3.09. The third-order valence-electron chi connectivity index (χ3n) is 4.74. The monoisotopic (exact) mass is 355 g/mol. The maximum Gasteiger partial charge on any atom is 0.406 e. The molecule has 0 saturated heterocycles. The highest BCUT2D eigenvalue weighted by Gasteiger charge is 2.42. The Balaban J connectivity index is 1.98. The molecule has 136 valence electrons. The summed E-state index contributed by atoms with van der Waals surface area (Å²) < 4.78 is 49.7. The Kier molecular flexibility index (Phi) is 4.43. The predicted molar refractivity (Wildman–Crippen MR) is 86.8 cm³/mol. The summed E-state index contributed by atoms with van der Waals surface area (Å²) in [5.74, 6) is -0.0469. The average Bonchev–Trinajstić information content (AvgIpc) is 3.35. The van der Waals surface area contributed by atoms with Gasteiger partial charge in [0.05, 0.1) is 7.11 Å². The Labute approximate surface area is 143 Å². The number of carbonyl (C=O) groups excluding carboxylic acids is 1. The molecule has 1 aliphatic carbocycles. The van der Waals surface area contributed by atoms with Crippen LogP contribution in [0.25, 0.3) is 11.0 Å². The van der Waals surface area contributed by atoms with E-state index in [0.717, 1.165) is 17.7 Å². The quantitative estimate of drug-likeness (QED) is 0.790. The van der Waals surface area contributed by atoms with Crippen LogP contribution in [0.15, 0.2) is 22.6 Å². The number of alkyl halides is 3. The molecule has 0 N–H and O–H groups in total. The lowest BCUT2D eigenvalue weighted by molar-refractivity contribution is -0.145. The molecule has 1 heterocycles. The van der Waals surface area contributed by atoms with Gasteiger partial charge in [-0.2, -0.15) is 13.2 Å². The number of methoxy groups -OCH3 is 1. The van der Waals surface area contributed by atoms with Crippen molar-refractivity contribution in [2.24, 2.45) is 5.92 Å². The SMILES string of the molecule is COc1ccc2oc(C(=O)N(CC(F)(F)F)[C@H](C)C3CC3)c(C)c2c1. The van der Waals surface area contributed by atoms with Gasteiger partial charge in [-0.1, -0.05) is 0 Å². The number of amides is 1. The molecular formula is C18H20F3NO3. The maximum atomic E-state index is 13.0. The largest absolute Gasteiger partial charge is 0.497 e. The van der Waals surface area contributed by atoms with E-state index in [4.69, 9.17) is 9.15 Å². The number of carbonyl (C=O) groups is 1. The number of ether oxygens (including phenoxy) is 1. The average molecular weight is 355 g/mol. The number of benzene rings is 1. The van der Waals surface area contributed by atoms with Crippen LogP contribution in [-0.4, -0.2) is 36.7 Å². The lowest BCUT2D eigenvalue weighted by Gasteiger charge is -2.29. The van der Waals surface area contributed by atoms with Crippen LogP contribution < -0.4 is 4.74 Å². The van der Waals surface area contributed by atoms with Crippen molar-refractivity contribution < 1.29 is 27.1 Å². The van der Waals surface area contributed by atoms with E-state index in [2.05, 4.69) is 0 Å². The second-order valence-corrected chi connectivity index (χ2v) is 6.54. The van der Waals surface area contributed by atoms with Crippen LogP contribution in [-0.2, 0) is 0 Å². The van der Waals surface area contributed by atoms with Crippen LogP contribution >= 0.6 is 0 Å². The molecule has 1 aliphatic rings. The van der Waals surface area contributed by atoms with Crippen LogP contribution in [0, 0.1) is 12.8 Å². The molecule has 0 spiro atoms. The Bertz CT molecular complexity index is 793. The summed E-state index contributed by atoms with van der Waals surface area (Å²) in [5, 5.41) is 0.661. The van der Waals surface area contributed by atoms with Gasteiger partial charge in [-0.25, -0.2) is 0 Å². The number of aryl methyl sites for hydroxylation is 1. The second kappa shape index (κ2) is 6.28. The number of fused-ring (bicyclic) bond motifs is 1. The van der Waals surface area contributed by atoms with Gasteiger partial charge in [0.15, 0.2) is 5.76 Å². The van der Waals surface area contributed by atoms with Gasteiger partial charge < -0.3 is 14.1 Å². The van der Waals surface area contributed by atoms with Crippen LogP contribution in [0.2, 0.25) is 0 Å². The molecule has 0 radical (unpaired) electrons. The molecule has 1 saturated carbocycles. The lowest BCUT2D eigenvalue weighted by atomic mass is 10.1. The predicted octanol–water partition coefficient (Wildman–Crippen LogP) is 4.55. The van der Waals surface area contributed by atoms with E-state index in [1.807, 2.05) is 0 Å². The molecule has 1 atom stereocenters. The minimum atomic E-state index is -4.46. The van der Waals surface area contributed by atoms with Crippen molar-refractivity contribution in [2.75, 3.05) is 13.7 Å². The van der Waals surface area contributed by atoms with Crippen molar-refractivity contribution in [3.05, 3.63) is 29.5 Å². The highest BCUT2D eigenvalue weighted by Crippen LogP contribution is 2.38. The number of hydrogen-bond acceptors (Lipinski definition) is 3. The van der Waals surface area contributed by atoms with E-state index >= 15 is 0 Å². The highest BCUT2D eigenvalue weighted by molar-refractivity contribution is 5.99. The molecule has 0 aliphatic heterocycles. The number of halogens is 3. The van der Waals surface area contributed by atoms with E-state index in [0.29, 0.717) is 22.3 Å². The molecule has 7 heteroatoms. The summed E-state index contributed by atoms with van der Waals surface area (Å²) in [7, 11) is 1.52. The van der Waals surface area contributed by atoms with Gasteiger partial charge in [0.1, 0.15) is 17.9 Å². The first-order valence-corrected chi connectivity index (χ1v) is 8.16. The first kappa shape index (κ1) is 17.6. The summed E-state index contributed by atoms with van der Waals surface area (Å²) in [6, 6.07) is 4.57. The minimum absolute atomic E-state index is 0.0417. The Morgan fingerprint density at radius 2 is 2.08 bits per heavy atom. The van der Waals surface area contributed by atoms with Crippen LogP contribution in [0.5, 0.6) is 5.75 Å². The normalized spacial score (nSPS) is 16.1. The molecule has 0 bridgehead atoms. The van der Waals surface area contributed by atoms with Crippen LogP contribution in [0.4, 0.5) is 13.2 Å². The van der Waals surface area contributed by atoms with Crippen molar-refractivity contribution in [3.8, 4) is 5.75 Å². The molecular weight excluding hydrogens is 335 g/mol. The van der Waals surface area contributed by atoms with E-state index in [-0.39, 0.29) is 11.7 Å². The highest BCUT2D eigenvalue weighted by atomic mass is 19.4. The molecule has 1 aromatic heterocycles. The number of nitrogens with zero attached hydrogens (tertiary/aromatic N) is 1. The van der Waals surface area contributed by atoms with Gasteiger partial charge in [-0.3, -0.25) is 4.79 Å². The zero-order valence-corrected chi connectivity index (χ0v) is 14.3. The molecule has 1 aromatic carbocycles. The first-order valence-electron chi connectivity index (χ1n) is 8.16. The van der Waals surface area contributed by atoms with E-state index in [1.165, 1.54) is 7.11 Å². The number of rotatable bonds is 5. The topological polar surface area (TPSA) is 42.7 Å². The molecule has 4 nitrogen and oxygen atoms in total. The molecule has 2 aromatic rings. The molecule has 3 rings (SSSR count). The van der Waals surface area contributed by atoms with Gasteiger partial charge in [-0.15, -0.1) is 0 Å². The second-order valence-electron chi connectivity index (χ2n) is 6.54. The van der Waals surface area contributed by atoms with Gasteiger partial charge >= 0.3 is 6.18 Å². The van der Waals surface area contributed by atoms with Crippen molar-refractivity contribution in [1.29, 1.82) is 0 Å². The molecule has 25 heavy (non-hydrogen) atoms. The number of furan rings is 1. The smallest absolute Gasteiger partial charge is 0.406 e. The third-order valence-corrected chi connectivity index (χ3v) is 4.74. The molecule has 1 amide bonds. The van der Waals surface area contributed by atoms with Gasteiger partial charge in [0, 0.05) is 17.0 Å².